The van der Waals surface area contributed by atoms with Gasteiger partial charge in [0.2, 0.25) is 5.91 Å². The number of nitrogens with zero attached hydrogens (tertiary/aromatic N) is 2. The van der Waals surface area contributed by atoms with E-state index >= 15 is 0 Å². The molecule has 1 amide bonds. The van der Waals surface area contributed by atoms with Gasteiger partial charge in [-0.15, -0.1) is 23.7 Å². The number of carbonyl (C=O) groups excluding carboxylic acids is 1. The lowest BCUT2D eigenvalue weighted by Crippen LogP contribution is -2.53. The van der Waals surface area contributed by atoms with Crippen LogP contribution < -0.4 is 10.6 Å². The predicted octanol–water partition coefficient (Wildman–Crippen LogP) is 1.90. The molecule has 0 unspecified atom stereocenters. The summed E-state index contributed by atoms with van der Waals surface area (Å²) >= 11 is 3.49. The minimum Gasteiger partial charge on any atom is -0.360 e. The Kier molecular flexibility index (Phi) is 7.72. The molecular weight excluding hydrogens is 314 g/mol. The largest absolute Gasteiger partial charge is 0.360 e. The van der Waals surface area contributed by atoms with Crippen molar-refractivity contribution >= 4 is 46.4 Å². The van der Waals surface area contributed by atoms with Crippen molar-refractivity contribution in [2.45, 2.75) is 12.5 Å². The van der Waals surface area contributed by atoms with Crippen molar-refractivity contribution in [1.82, 2.24) is 4.90 Å². The zero-order valence-corrected chi connectivity index (χ0v) is 14.1. The normalized spacial score (nSPS) is 16.7. The number of thioether (sulfide) groups is 1. The third kappa shape index (κ3) is 4.55. The van der Waals surface area contributed by atoms with Gasteiger partial charge in [-0.1, -0.05) is 0 Å². The highest BCUT2D eigenvalue weighted by atomic mass is 35.5. The van der Waals surface area contributed by atoms with Gasteiger partial charge in [0.25, 0.3) is 0 Å². The Morgan fingerprint density at radius 3 is 2.70 bits per heavy atom. The summed E-state index contributed by atoms with van der Waals surface area (Å²) in [6.07, 6.45) is 2.81. The van der Waals surface area contributed by atoms with Crippen LogP contribution in [0.25, 0.3) is 0 Å². The molecule has 2 rings (SSSR count). The van der Waals surface area contributed by atoms with Crippen LogP contribution in [-0.4, -0.2) is 55.0 Å². The van der Waals surface area contributed by atoms with Crippen LogP contribution in [0.5, 0.6) is 0 Å². The number of anilines is 1. The van der Waals surface area contributed by atoms with Crippen molar-refractivity contribution in [2.75, 3.05) is 43.1 Å². The lowest BCUT2D eigenvalue weighted by Gasteiger charge is -2.36. The van der Waals surface area contributed by atoms with E-state index in [0.29, 0.717) is 0 Å². The molecule has 2 heterocycles. The van der Waals surface area contributed by atoms with Gasteiger partial charge in [-0.05, 0) is 35.9 Å². The first-order valence-corrected chi connectivity index (χ1v) is 8.81. The Morgan fingerprint density at radius 1 is 1.45 bits per heavy atom. The number of thiophene rings is 1. The van der Waals surface area contributed by atoms with Crippen LogP contribution in [0.4, 0.5) is 5.00 Å². The van der Waals surface area contributed by atoms with E-state index in [1.807, 2.05) is 11.2 Å². The van der Waals surface area contributed by atoms with Gasteiger partial charge in [0, 0.05) is 26.2 Å². The van der Waals surface area contributed by atoms with E-state index in [4.69, 9.17) is 5.73 Å². The molecule has 1 aliphatic rings. The maximum Gasteiger partial charge on any atom is 0.239 e. The van der Waals surface area contributed by atoms with Crippen LogP contribution in [-0.2, 0) is 4.79 Å². The van der Waals surface area contributed by atoms with Crippen LogP contribution >= 0.6 is 35.5 Å². The van der Waals surface area contributed by atoms with Crippen LogP contribution in [0, 0.1) is 0 Å². The summed E-state index contributed by atoms with van der Waals surface area (Å²) in [6.45, 7) is 3.37. The number of halogens is 1. The Hall–Kier alpha value is -0.430. The molecule has 0 radical (unpaired) electrons. The number of nitrogens with two attached hydrogens (primary N) is 1. The highest BCUT2D eigenvalue weighted by molar-refractivity contribution is 7.98. The number of amides is 1. The fraction of sp³-hybridized carbons (Fsp3) is 0.615. The zero-order chi connectivity index (χ0) is 13.7. The number of hydrogen-bond acceptors (Lipinski definition) is 5. The average molecular weight is 336 g/mol. The third-order valence-electron chi connectivity index (χ3n) is 3.36. The van der Waals surface area contributed by atoms with Crippen LogP contribution in [0.3, 0.4) is 0 Å². The monoisotopic (exact) mass is 335 g/mol. The summed E-state index contributed by atoms with van der Waals surface area (Å²) in [5.74, 6) is 1.06. The number of rotatable bonds is 5. The summed E-state index contributed by atoms with van der Waals surface area (Å²) in [4.78, 5) is 16.4. The van der Waals surface area contributed by atoms with Crippen molar-refractivity contribution in [3.8, 4) is 0 Å². The molecule has 1 aliphatic heterocycles. The molecule has 20 heavy (non-hydrogen) atoms. The maximum absolute atomic E-state index is 12.2. The van der Waals surface area contributed by atoms with Gasteiger partial charge in [0.1, 0.15) is 0 Å². The summed E-state index contributed by atoms with van der Waals surface area (Å²) in [5, 5.41) is 3.38. The molecule has 0 aliphatic carbocycles. The second-order valence-corrected chi connectivity index (χ2v) is 6.56. The summed E-state index contributed by atoms with van der Waals surface area (Å²) in [7, 11) is 0. The van der Waals surface area contributed by atoms with Gasteiger partial charge in [-0.3, -0.25) is 4.79 Å². The molecule has 4 nitrogen and oxygen atoms in total. The van der Waals surface area contributed by atoms with Crippen molar-refractivity contribution in [3.05, 3.63) is 17.5 Å². The van der Waals surface area contributed by atoms with E-state index in [1.165, 1.54) is 5.00 Å². The molecule has 1 aromatic rings. The molecule has 1 atom stereocenters. The molecule has 0 spiro atoms. The molecule has 114 valence electrons. The first kappa shape index (κ1) is 17.6. The second-order valence-electron chi connectivity index (χ2n) is 4.65. The number of carbonyl (C=O) groups is 1. The standard InChI is InChI=1S/C13H21N3OS2.ClH/c1-18-10-4-11(14)13(17)16-7-5-15(6-8-16)12-3-2-9-19-12;/h2-3,9,11H,4-8,10,14H2,1H3;1H/t11-;/m0./s1. The molecule has 0 saturated carbocycles. The van der Waals surface area contributed by atoms with E-state index in [2.05, 4.69) is 22.4 Å². The van der Waals surface area contributed by atoms with Gasteiger partial charge in [0.15, 0.2) is 0 Å². The van der Waals surface area contributed by atoms with Crippen molar-refractivity contribution in [2.24, 2.45) is 5.73 Å². The highest BCUT2D eigenvalue weighted by Gasteiger charge is 2.25. The highest BCUT2D eigenvalue weighted by Crippen LogP contribution is 2.22. The minimum atomic E-state index is -0.333. The minimum absolute atomic E-state index is 0. The SMILES string of the molecule is CSCC[C@H](N)C(=O)N1CCN(c2cccs2)CC1.Cl. The molecule has 0 bridgehead atoms. The molecule has 2 N–H and O–H groups in total. The maximum atomic E-state index is 12.2. The molecular formula is C13H22ClN3OS2. The number of piperazine rings is 1. The summed E-state index contributed by atoms with van der Waals surface area (Å²) < 4.78 is 0. The van der Waals surface area contributed by atoms with Crippen molar-refractivity contribution < 1.29 is 4.79 Å². The molecule has 1 aromatic heterocycles. The Balaban J connectivity index is 0.00000200. The second kappa shape index (κ2) is 8.77. The average Bonchev–Trinajstić information content (AvgIpc) is 2.98. The van der Waals surface area contributed by atoms with Gasteiger partial charge in [-0.25, -0.2) is 0 Å². The molecule has 1 fully saturated rings. The first-order valence-electron chi connectivity index (χ1n) is 6.54. The lowest BCUT2D eigenvalue weighted by molar-refractivity contribution is -0.132. The van der Waals surface area contributed by atoms with Gasteiger partial charge in [-0.2, -0.15) is 11.8 Å². The third-order valence-corrected chi connectivity index (χ3v) is 4.93. The zero-order valence-electron chi connectivity index (χ0n) is 11.7. The molecule has 0 aromatic carbocycles. The van der Waals surface area contributed by atoms with E-state index < -0.39 is 0 Å². The number of hydrogen-bond donors (Lipinski definition) is 1. The Labute approximate surface area is 135 Å². The van der Waals surface area contributed by atoms with Crippen molar-refractivity contribution in [1.29, 1.82) is 0 Å². The van der Waals surface area contributed by atoms with E-state index in [1.54, 1.807) is 23.1 Å². The first-order chi connectivity index (χ1) is 9.22. The smallest absolute Gasteiger partial charge is 0.239 e. The van der Waals surface area contributed by atoms with Gasteiger partial charge in [0.05, 0.1) is 11.0 Å². The van der Waals surface area contributed by atoms with E-state index in [9.17, 15) is 4.79 Å². The van der Waals surface area contributed by atoms with E-state index in [-0.39, 0.29) is 24.4 Å². The van der Waals surface area contributed by atoms with Crippen LogP contribution in [0.15, 0.2) is 17.5 Å². The predicted molar refractivity (Wildman–Crippen MR) is 91.3 cm³/mol. The molecule has 7 heteroatoms. The lowest BCUT2D eigenvalue weighted by atomic mass is 10.2. The Morgan fingerprint density at radius 2 is 2.15 bits per heavy atom. The fourth-order valence-electron chi connectivity index (χ4n) is 2.20. The summed E-state index contributed by atoms with van der Waals surface area (Å²) in [5.41, 5.74) is 5.95. The van der Waals surface area contributed by atoms with E-state index in [0.717, 1.165) is 38.4 Å². The molecule has 1 saturated heterocycles. The topological polar surface area (TPSA) is 49.6 Å². The summed E-state index contributed by atoms with van der Waals surface area (Å²) in [6, 6.07) is 3.86. The van der Waals surface area contributed by atoms with Gasteiger partial charge >= 0.3 is 0 Å². The van der Waals surface area contributed by atoms with Crippen molar-refractivity contribution in [3.63, 3.8) is 0 Å². The van der Waals surface area contributed by atoms with Crippen LogP contribution in [0.1, 0.15) is 6.42 Å². The van der Waals surface area contributed by atoms with Gasteiger partial charge < -0.3 is 15.5 Å². The Bertz CT molecular complexity index is 394. The van der Waals surface area contributed by atoms with Crippen LogP contribution in [0.2, 0.25) is 0 Å². The quantitative estimate of drug-likeness (QED) is 0.893. The fourth-order valence-corrected chi connectivity index (χ4v) is 3.47.